The van der Waals surface area contributed by atoms with E-state index in [2.05, 4.69) is 10.0 Å². The number of urea groups is 1. The molecule has 0 unspecified atom stereocenters. The second kappa shape index (κ2) is 7.06. The van der Waals surface area contributed by atoms with E-state index in [1.165, 1.54) is 24.3 Å². The third-order valence-corrected chi connectivity index (χ3v) is 4.46. The zero-order valence-corrected chi connectivity index (χ0v) is 12.6. The second-order valence-corrected chi connectivity index (χ2v) is 6.41. The molecule has 0 atom stereocenters. The van der Waals surface area contributed by atoms with E-state index >= 15 is 0 Å². The maximum absolute atomic E-state index is 12.1. The van der Waals surface area contributed by atoms with Crippen molar-refractivity contribution in [1.29, 1.82) is 0 Å². The molecular weight excluding hydrogens is 302 g/mol. The first-order chi connectivity index (χ1) is 10.5. The van der Waals surface area contributed by atoms with E-state index in [1.807, 2.05) is 30.3 Å². The quantitative estimate of drug-likeness (QED) is 0.755. The summed E-state index contributed by atoms with van der Waals surface area (Å²) in [5.41, 5.74) is 6.49. The van der Waals surface area contributed by atoms with Gasteiger partial charge < -0.3 is 11.1 Å². The lowest BCUT2D eigenvalue weighted by atomic mass is 10.2. The summed E-state index contributed by atoms with van der Waals surface area (Å²) < 4.78 is 26.8. The van der Waals surface area contributed by atoms with Crippen LogP contribution in [0.4, 0.5) is 10.5 Å². The number of primary amides is 1. The van der Waals surface area contributed by atoms with Gasteiger partial charge in [0.25, 0.3) is 0 Å². The topological polar surface area (TPSA) is 101 Å². The predicted molar refractivity (Wildman–Crippen MR) is 85.0 cm³/mol. The van der Waals surface area contributed by atoms with Crippen molar-refractivity contribution in [2.24, 2.45) is 5.73 Å². The van der Waals surface area contributed by atoms with E-state index in [0.717, 1.165) is 5.56 Å². The third kappa shape index (κ3) is 4.57. The fourth-order valence-electron chi connectivity index (χ4n) is 1.92. The van der Waals surface area contributed by atoms with Crippen LogP contribution in [0.25, 0.3) is 0 Å². The lowest BCUT2D eigenvalue weighted by Gasteiger charge is -2.08. The zero-order chi connectivity index (χ0) is 16.0. The van der Waals surface area contributed by atoms with Crippen LogP contribution in [0.5, 0.6) is 0 Å². The molecule has 0 aliphatic heterocycles. The molecule has 0 saturated carbocycles. The number of hydrogen-bond acceptors (Lipinski definition) is 3. The lowest BCUT2D eigenvalue weighted by Crippen LogP contribution is -2.26. The standard InChI is InChI=1S/C15H17N3O3S/c16-15(19)18-13-6-8-14(9-7-13)22(20,21)17-11-10-12-4-2-1-3-5-12/h1-9,17H,10-11H2,(H3,16,18,19). The van der Waals surface area contributed by atoms with Crippen molar-refractivity contribution in [2.45, 2.75) is 11.3 Å². The Balaban J connectivity index is 1.96. The molecule has 0 fully saturated rings. The van der Waals surface area contributed by atoms with Gasteiger partial charge in [-0.15, -0.1) is 0 Å². The minimum absolute atomic E-state index is 0.135. The van der Waals surface area contributed by atoms with Crippen molar-refractivity contribution in [3.8, 4) is 0 Å². The number of nitrogens with two attached hydrogens (primary N) is 1. The summed E-state index contributed by atoms with van der Waals surface area (Å²) in [6.07, 6.45) is 0.612. The number of anilines is 1. The Morgan fingerprint density at radius 3 is 2.23 bits per heavy atom. The average Bonchev–Trinajstić information content (AvgIpc) is 2.48. The van der Waals surface area contributed by atoms with Gasteiger partial charge in [-0.05, 0) is 36.2 Å². The van der Waals surface area contributed by atoms with Crippen molar-refractivity contribution in [3.05, 3.63) is 60.2 Å². The highest BCUT2D eigenvalue weighted by atomic mass is 32.2. The van der Waals surface area contributed by atoms with E-state index in [0.29, 0.717) is 18.7 Å². The van der Waals surface area contributed by atoms with Crippen molar-refractivity contribution in [1.82, 2.24) is 4.72 Å². The van der Waals surface area contributed by atoms with E-state index in [-0.39, 0.29) is 4.90 Å². The van der Waals surface area contributed by atoms with Crippen LogP contribution in [0.15, 0.2) is 59.5 Å². The van der Waals surface area contributed by atoms with E-state index in [4.69, 9.17) is 5.73 Å². The molecule has 116 valence electrons. The Morgan fingerprint density at radius 1 is 1.00 bits per heavy atom. The molecule has 0 radical (unpaired) electrons. The molecule has 0 aliphatic carbocycles. The van der Waals surface area contributed by atoms with Crippen LogP contribution in [0.1, 0.15) is 5.56 Å². The van der Waals surface area contributed by atoms with Gasteiger partial charge in [-0.25, -0.2) is 17.9 Å². The number of carbonyl (C=O) groups is 1. The third-order valence-electron chi connectivity index (χ3n) is 2.98. The second-order valence-electron chi connectivity index (χ2n) is 4.65. The predicted octanol–water partition coefficient (Wildman–Crippen LogP) is 1.70. The van der Waals surface area contributed by atoms with Crippen molar-refractivity contribution in [2.75, 3.05) is 11.9 Å². The molecule has 7 heteroatoms. The molecule has 6 nitrogen and oxygen atoms in total. The lowest BCUT2D eigenvalue weighted by molar-refractivity contribution is 0.259. The van der Waals surface area contributed by atoms with Gasteiger partial charge in [0.1, 0.15) is 0 Å². The largest absolute Gasteiger partial charge is 0.351 e. The van der Waals surface area contributed by atoms with Crippen LogP contribution in [0.3, 0.4) is 0 Å². The van der Waals surface area contributed by atoms with Crippen LogP contribution in [0, 0.1) is 0 Å². The highest BCUT2D eigenvalue weighted by molar-refractivity contribution is 7.89. The SMILES string of the molecule is NC(=O)Nc1ccc(S(=O)(=O)NCCc2ccccc2)cc1. The molecule has 2 amide bonds. The summed E-state index contributed by atoms with van der Waals surface area (Å²) in [4.78, 5) is 10.8. The Kier molecular flexibility index (Phi) is 5.13. The number of hydrogen-bond donors (Lipinski definition) is 3. The molecule has 0 saturated heterocycles. The molecule has 2 aromatic carbocycles. The van der Waals surface area contributed by atoms with Crippen molar-refractivity contribution >= 4 is 21.7 Å². The van der Waals surface area contributed by atoms with Gasteiger partial charge in [-0.3, -0.25) is 0 Å². The fourth-order valence-corrected chi connectivity index (χ4v) is 2.95. The molecule has 22 heavy (non-hydrogen) atoms. The van der Waals surface area contributed by atoms with Crippen LogP contribution in [-0.2, 0) is 16.4 Å². The molecule has 2 aromatic rings. The van der Waals surface area contributed by atoms with Gasteiger partial charge in [0.2, 0.25) is 10.0 Å². The molecule has 0 aliphatic rings. The van der Waals surface area contributed by atoms with E-state index in [1.54, 1.807) is 0 Å². The summed E-state index contributed by atoms with van der Waals surface area (Å²) in [6.45, 7) is 0.313. The number of carbonyl (C=O) groups excluding carboxylic acids is 1. The first kappa shape index (κ1) is 16.0. The zero-order valence-electron chi connectivity index (χ0n) is 11.8. The van der Waals surface area contributed by atoms with Gasteiger partial charge in [-0.1, -0.05) is 30.3 Å². The molecule has 4 N–H and O–H groups in total. The number of rotatable bonds is 6. The van der Waals surface area contributed by atoms with Crippen LogP contribution < -0.4 is 15.8 Å². The molecule has 0 bridgehead atoms. The molecule has 2 rings (SSSR count). The van der Waals surface area contributed by atoms with Crippen molar-refractivity contribution < 1.29 is 13.2 Å². The van der Waals surface area contributed by atoms with Crippen LogP contribution >= 0.6 is 0 Å². The van der Waals surface area contributed by atoms with Gasteiger partial charge >= 0.3 is 6.03 Å². The molecule has 0 heterocycles. The first-order valence-corrected chi connectivity index (χ1v) is 8.16. The van der Waals surface area contributed by atoms with Crippen LogP contribution in [0.2, 0.25) is 0 Å². The molecule has 0 spiro atoms. The monoisotopic (exact) mass is 319 g/mol. The summed E-state index contributed by atoms with van der Waals surface area (Å²) in [7, 11) is -3.57. The molecular formula is C15H17N3O3S. The highest BCUT2D eigenvalue weighted by Crippen LogP contribution is 2.13. The Hall–Kier alpha value is -2.38. The highest BCUT2D eigenvalue weighted by Gasteiger charge is 2.13. The number of benzene rings is 2. The summed E-state index contributed by atoms with van der Waals surface area (Å²) in [5, 5.41) is 2.37. The Morgan fingerprint density at radius 2 is 1.64 bits per heavy atom. The van der Waals surface area contributed by atoms with E-state index < -0.39 is 16.1 Å². The first-order valence-electron chi connectivity index (χ1n) is 6.67. The number of amides is 2. The minimum Gasteiger partial charge on any atom is -0.351 e. The van der Waals surface area contributed by atoms with Gasteiger partial charge in [0.05, 0.1) is 4.90 Å². The number of sulfonamides is 1. The Labute approximate surface area is 129 Å². The number of nitrogens with one attached hydrogen (secondary N) is 2. The van der Waals surface area contributed by atoms with E-state index in [9.17, 15) is 13.2 Å². The minimum atomic E-state index is -3.57. The molecule has 0 aromatic heterocycles. The summed E-state index contributed by atoms with van der Waals surface area (Å²) in [6, 6.07) is 14.7. The average molecular weight is 319 g/mol. The van der Waals surface area contributed by atoms with Crippen LogP contribution in [-0.4, -0.2) is 21.0 Å². The van der Waals surface area contributed by atoms with Gasteiger partial charge in [0.15, 0.2) is 0 Å². The van der Waals surface area contributed by atoms with Gasteiger partial charge in [0, 0.05) is 12.2 Å². The Bertz CT molecular complexity index is 728. The maximum Gasteiger partial charge on any atom is 0.316 e. The fraction of sp³-hybridized carbons (Fsp3) is 0.133. The maximum atomic E-state index is 12.1. The van der Waals surface area contributed by atoms with Gasteiger partial charge in [-0.2, -0.15) is 0 Å². The summed E-state index contributed by atoms with van der Waals surface area (Å²) in [5.74, 6) is 0. The normalized spacial score (nSPS) is 11.1. The summed E-state index contributed by atoms with van der Waals surface area (Å²) >= 11 is 0. The smallest absolute Gasteiger partial charge is 0.316 e. The van der Waals surface area contributed by atoms with Crippen molar-refractivity contribution in [3.63, 3.8) is 0 Å².